The van der Waals surface area contributed by atoms with Crippen molar-refractivity contribution in [3.63, 3.8) is 0 Å². The van der Waals surface area contributed by atoms with Gasteiger partial charge in [0.25, 0.3) is 11.8 Å². The van der Waals surface area contributed by atoms with Gasteiger partial charge in [0.15, 0.2) is 5.58 Å². The van der Waals surface area contributed by atoms with E-state index in [0.717, 1.165) is 0 Å². The number of carbonyl (C=O) groups is 2. The number of hydrogen-bond acceptors (Lipinski definition) is 5. The lowest BCUT2D eigenvalue weighted by Crippen LogP contribution is -2.50. The lowest BCUT2D eigenvalue weighted by Gasteiger charge is -2.34. The van der Waals surface area contributed by atoms with Gasteiger partial charge in [-0.05, 0) is 30.3 Å². The molecule has 0 bridgehead atoms. The highest BCUT2D eigenvalue weighted by atomic mass is 16.4. The number of benzene rings is 1. The Morgan fingerprint density at radius 2 is 1.54 bits per heavy atom. The van der Waals surface area contributed by atoms with Crippen molar-refractivity contribution >= 4 is 22.9 Å². The van der Waals surface area contributed by atoms with Crippen molar-refractivity contribution in [3.8, 4) is 0 Å². The lowest BCUT2D eigenvalue weighted by atomic mass is 10.1. The zero-order valence-electron chi connectivity index (χ0n) is 13.8. The molecule has 0 saturated carbocycles. The number of amides is 2. The van der Waals surface area contributed by atoms with Crippen LogP contribution in [0.25, 0.3) is 11.1 Å². The van der Waals surface area contributed by atoms with Crippen molar-refractivity contribution < 1.29 is 14.0 Å². The van der Waals surface area contributed by atoms with Gasteiger partial charge in [-0.3, -0.25) is 19.6 Å². The molecule has 0 unspecified atom stereocenters. The fourth-order valence-electron chi connectivity index (χ4n) is 3.05. The number of H-pyrrole nitrogens is 1. The van der Waals surface area contributed by atoms with Crippen LogP contribution in [0.1, 0.15) is 20.7 Å². The minimum absolute atomic E-state index is 0.0602. The number of aromatic amines is 1. The van der Waals surface area contributed by atoms with Crippen molar-refractivity contribution in [1.29, 1.82) is 0 Å². The molecule has 0 atom stereocenters. The predicted molar refractivity (Wildman–Crippen MR) is 92.9 cm³/mol. The van der Waals surface area contributed by atoms with E-state index < -0.39 is 5.76 Å². The lowest BCUT2D eigenvalue weighted by molar-refractivity contribution is 0.0535. The monoisotopic (exact) mass is 352 g/mol. The third kappa shape index (κ3) is 2.97. The second kappa shape index (κ2) is 6.47. The molecule has 132 valence electrons. The summed E-state index contributed by atoms with van der Waals surface area (Å²) in [5.74, 6) is -0.755. The Kier molecular flexibility index (Phi) is 4.00. The largest absolute Gasteiger partial charge is 0.417 e. The first-order chi connectivity index (χ1) is 12.6. The third-order valence-electron chi connectivity index (χ3n) is 4.45. The molecule has 0 radical (unpaired) electrons. The van der Waals surface area contributed by atoms with Gasteiger partial charge < -0.3 is 14.2 Å². The molecular weight excluding hydrogens is 336 g/mol. The molecule has 2 aromatic heterocycles. The Morgan fingerprint density at radius 3 is 2.19 bits per heavy atom. The van der Waals surface area contributed by atoms with E-state index in [1.807, 2.05) is 0 Å². The van der Waals surface area contributed by atoms with E-state index in [-0.39, 0.29) is 11.8 Å². The topological polar surface area (TPSA) is 99.5 Å². The van der Waals surface area contributed by atoms with Crippen molar-refractivity contribution in [2.24, 2.45) is 0 Å². The summed E-state index contributed by atoms with van der Waals surface area (Å²) in [4.78, 5) is 46.2. The number of aromatic nitrogens is 2. The zero-order chi connectivity index (χ0) is 18.1. The summed E-state index contributed by atoms with van der Waals surface area (Å²) in [5, 5.41) is 0. The second-order valence-corrected chi connectivity index (χ2v) is 6.05. The highest BCUT2D eigenvalue weighted by molar-refractivity contribution is 5.97. The summed E-state index contributed by atoms with van der Waals surface area (Å²) in [7, 11) is 0. The van der Waals surface area contributed by atoms with Gasteiger partial charge in [-0.1, -0.05) is 0 Å². The van der Waals surface area contributed by atoms with Gasteiger partial charge in [0.2, 0.25) is 0 Å². The quantitative estimate of drug-likeness (QED) is 0.745. The standard InChI is InChI=1S/C18H16N4O4/c23-16(12-3-5-19-6-4-12)21-7-9-22(10-8-21)17(24)13-1-2-14-15(11-13)26-18(25)20-14/h1-6,11H,7-10H2,(H,20,25). The molecule has 8 heteroatoms. The molecule has 1 N–H and O–H groups in total. The highest BCUT2D eigenvalue weighted by Gasteiger charge is 2.25. The van der Waals surface area contributed by atoms with Crippen LogP contribution < -0.4 is 5.76 Å². The molecule has 0 spiro atoms. The first-order valence-electron chi connectivity index (χ1n) is 8.23. The second-order valence-electron chi connectivity index (χ2n) is 6.05. The maximum atomic E-state index is 12.7. The van der Waals surface area contributed by atoms with Gasteiger partial charge in [-0.25, -0.2) is 4.79 Å². The minimum Gasteiger partial charge on any atom is -0.408 e. The summed E-state index contributed by atoms with van der Waals surface area (Å²) in [5.41, 5.74) is 1.95. The molecule has 3 heterocycles. The van der Waals surface area contributed by atoms with Crippen LogP contribution in [0.2, 0.25) is 0 Å². The van der Waals surface area contributed by atoms with Gasteiger partial charge in [0.1, 0.15) is 0 Å². The van der Waals surface area contributed by atoms with E-state index >= 15 is 0 Å². The molecule has 8 nitrogen and oxygen atoms in total. The average molecular weight is 352 g/mol. The maximum absolute atomic E-state index is 12.7. The van der Waals surface area contributed by atoms with Gasteiger partial charge in [-0.15, -0.1) is 0 Å². The summed E-state index contributed by atoms with van der Waals surface area (Å²) >= 11 is 0. The fourth-order valence-corrected chi connectivity index (χ4v) is 3.05. The molecule has 1 aromatic carbocycles. The number of carbonyl (C=O) groups excluding carboxylic acids is 2. The van der Waals surface area contributed by atoms with Crippen LogP contribution >= 0.6 is 0 Å². The molecule has 1 aliphatic rings. The van der Waals surface area contributed by atoms with Crippen LogP contribution in [0.15, 0.2) is 51.9 Å². The molecule has 3 aromatic rings. The van der Waals surface area contributed by atoms with Gasteiger partial charge >= 0.3 is 5.76 Å². The molecule has 1 aliphatic heterocycles. The molecule has 1 saturated heterocycles. The molecule has 1 fully saturated rings. The number of fused-ring (bicyclic) bond motifs is 1. The summed E-state index contributed by atoms with van der Waals surface area (Å²) in [6, 6.07) is 8.23. The number of nitrogens with one attached hydrogen (secondary N) is 1. The van der Waals surface area contributed by atoms with Crippen molar-refractivity contribution in [2.45, 2.75) is 0 Å². The summed E-state index contributed by atoms with van der Waals surface area (Å²) in [6.07, 6.45) is 3.17. The van der Waals surface area contributed by atoms with E-state index in [2.05, 4.69) is 9.97 Å². The van der Waals surface area contributed by atoms with Gasteiger partial charge in [0, 0.05) is 49.7 Å². The van der Waals surface area contributed by atoms with E-state index in [1.54, 1.807) is 52.5 Å². The Bertz CT molecular complexity index is 1020. The van der Waals surface area contributed by atoms with Gasteiger partial charge in [0.05, 0.1) is 5.52 Å². The van der Waals surface area contributed by atoms with Crippen LogP contribution in [0, 0.1) is 0 Å². The van der Waals surface area contributed by atoms with Crippen LogP contribution in [-0.2, 0) is 0 Å². The van der Waals surface area contributed by atoms with E-state index in [0.29, 0.717) is 48.4 Å². The zero-order valence-corrected chi connectivity index (χ0v) is 13.8. The molecular formula is C18H16N4O4. The Balaban J connectivity index is 1.44. The van der Waals surface area contributed by atoms with E-state index in [4.69, 9.17) is 4.42 Å². The molecule has 0 aliphatic carbocycles. The Hall–Kier alpha value is -3.42. The van der Waals surface area contributed by atoms with Crippen LogP contribution in [0.4, 0.5) is 0 Å². The number of piperazine rings is 1. The number of rotatable bonds is 2. The Morgan fingerprint density at radius 1 is 0.923 bits per heavy atom. The number of hydrogen-bond donors (Lipinski definition) is 1. The third-order valence-corrected chi connectivity index (χ3v) is 4.45. The predicted octanol–water partition coefficient (Wildman–Crippen LogP) is 1.11. The van der Waals surface area contributed by atoms with Gasteiger partial charge in [-0.2, -0.15) is 0 Å². The van der Waals surface area contributed by atoms with E-state index in [1.165, 1.54) is 0 Å². The fraction of sp³-hybridized carbons (Fsp3) is 0.222. The van der Waals surface area contributed by atoms with Crippen molar-refractivity contribution in [3.05, 3.63) is 64.4 Å². The average Bonchev–Trinajstić information content (AvgIpc) is 3.07. The Labute approximate surface area is 148 Å². The van der Waals surface area contributed by atoms with E-state index in [9.17, 15) is 14.4 Å². The van der Waals surface area contributed by atoms with Crippen LogP contribution in [-0.4, -0.2) is 57.8 Å². The van der Waals surface area contributed by atoms with Crippen molar-refractivity contribution in [1.82, 2.24) is 19.8 Å². The van der Waals surface area contributed by atoms with Crippen LogP contribution in [0.5, 0.6) is 0 Å². The molecule has 4 rings (SSSR count). The molecule has 2 amide bonds. The summed E-state index contributed by atoms with van der Waals surface area (Å²) < 4.78 is 5.00. The number of pyridine rings is 1. The molecule has 26 heavy (non-hydrogen) atoms. The minimum atomic E-state index is -0.548. The van der Waals surface area contributed by atoms with Crippen molar-refractivity contribution in [2.75, 3.05) is 26.2 Å². The normalized spacial score (nSPS) is 14.6. The highest BCUT2D eigenvalue weighted by Crippen LogP contribution is 2.16. The van der Waals surface area contributed by atoms with Crippen LogP contribution in [0.3, 0.4) is 0 Å². The number of nitrogens with zero attached hydrogens (tertiary/aromatic N) is 3. The first kappa shape index (κ1) is 16.1. The number of oxazole rings is 1. The summed E-state index contributed by atoms with van der Waals surface area (Å²) in [6.45, 7) is 1.83. The SMILES string of the molecule is O=C(c1ccncc1)N1CCN(C(=O)c2ccc3[nH]c(=O)oc3c2)CC1. The maximum Gasteiger partial charge on any atom is 0.417 e. The smallest absolute Gasteiger partial charge is 0.408 e. The first-order valence-corrected chi connectivity index (χ1v) is 8.23.